The highest BCUT2D eigenvalue weighted by Crippen LogP contribution is 2.26. The highest BCUT2D eigenvalue weighted by Gasteiger charge is 2.44. The standard InChI is InChI=1S/C28H29Cl2N5O7/c29-20-8-4-9-21(30)19(20)16-42-31-15-18(14-25(37)38)32-27(40)23-10-5-13-34-24(36)12-11-22(28(41)35(23)34)33-26(39)17-6-2-1-3-7-17/h1-4,6-9,15,18,22-23H,5,10-14,16H2,(H,32,40)(H,33,39)(H,37,38)/t18-,22?,23-/m0/s1. The molecule has 2 aliphatic rings. The van der Waals surface area contributed by atoms with Gasteiger partial charge < -0.3 is 20.6 Å². The smallest absolute Gasteiger partial charge is 0.305 e. The zero-order chi connectivity index (χ0) is 30.2. The topological polar surface area (TPSA) is 158 Å². The van der Waals surface area contributed by atoms with Crippen molar-refractivity contribution in [3.63, 3.8) is 0 Å². The van der Waals surface area contributed by atoms with E-state index in [0.29, 0.717) is 27.6 Å². The van der Waals surface area contributed by atoms with Crippen molar-refractivity contribution in [3.8, 4) is 0 Å². The Morgan fingerprint density at radius 3 is 2.48 bits per heavy atom. The Kier molecular flexibility index (Phi) is 10.4. The van der Waals surface area contributed by atoms with Gasteiger partial charge in [0, 0.05) is 34.1 Å². The molecule has 0 aliphatic carbocycles. The number of nitrogens with zero attached hydrogens (tertiary/aromatic N) is 3. The second kappa shape index (κ2) is 14.1. The lowest BCUT2D eigenvalue weighted by atomic mass is 10.0. The minimum Gasteiger partial charge on any atom is -0.481 e. The zero-order valence-corrected chi connectivity index (χ0v) is 23.9. The Morgan fingerprint density at radius 1 is 1.07 bits per heavy atom. The SMILES string of the molecule is O=C(O)C[C@@H](C=NOCc1c(Cl)cccc1Cl)NC(=O)[C@@H]1CCCN2C(=O)CCC(NC(=O)c3ccccc3)C(=O)N12. The first-order chi connectivity index (χ1) is 20.2. The fraction of sp³-hybridized carbons (Fsp3) is 0.357. The van der Waals surface area contributed by atoms with Gasteiger partial charge in [0.2, 0.25) is 11.8 Å². The molecule has 4 amide bonds. The van der Waals surface area contributed by atoms with Crippen molar-refractivity contribution in [2.75, 3.05) is 6.54 Å². The van der Waals surface area contributed by atoms with Gasteiger partial charge in [-0.3, -0.25) is 29.0 Å². The first-order valence-electron chi connectivity index (χ1n) is 13.3. The molecule has 2 saturated heterocycles. The van der Waals surface area contributed by atoms with Crippen LogP contribution < -0.4 is 10.6 Å². The number of nitrogens with one attached hydrogen (secondary N) is 2. The summed E-state index contributed by atoms with van der Waals surface area (Å²) in [4.78, 5) is 69.5. The Hall–Kier alpha value is -4.16. The maximum atomic E-state index is 13.6. The molecular formula is C28H29Cl2N5O7. The average molecular weight is 618 g/mol. The van der Waals surface area contributed by atoms with Crippen LogP contribution in [0.4, 0.5) is 0 Å². The van der Waals surface area contributed by atoms with E-state index < -0.39 is 48.2 Å². The van der Waals surface area contributed by atoms with Gasteiger partial charge in [0.25, 0.3) is 11.8 Å². The van der Waals surface area contributed by atoms with Crippen molar-refractivity contribution in [1.82, 2.24) is 20.7 Å². The third kappa shape index (κ3) is 7.56. The summed E-state index contributed by atoms with van der Waals surface area (Å²) in [5.41, 5.74) is 0.831. The Morgan fingerprint density at radius 2 is 1.79 bits per heavy atom. The molecule has 2 fully saturated rings. The number of carbonyl (C=O) groups is 5. The van der Waals surface area contributed by atoms with Gasteiger partial charge in [-0.05, 0) is 43.5 Å². The minimum atomic E-state index is -1.21. The van der Waals surface area contributed by atoms with Crippen LogP contribution in [0.2, 0.25) is 10.0 Å². The molecule has 0 radical (unpaired) electrons. The molecule has 14 heteroatoms. The number of amides is 4. The summed E-state index contributed by atoms with van der Waals surface area (Å²) < 4.78 is 0. The molecule has 1 unspecified atom stereocenters. The summed E-state index contributed by atoms with van der Waals surface area (Å²) in [5, 5.41) is 21.5. The van der Waals surface area contributed by atoms with Gasteiger partial charge in [0.05, 0.1) is 18.7 Å². The molecule has 2 heterocycles. The van der Waals surface area contributed by atoms with Crippen molar-refractivity contribution in [3.05, 3.63) is 69.7 Å². The number of fused-ring (bicyclic) bond motifs is 1. The van der Waals surface area contributed by atoms with E-state index in [1.54, 1.807) is 48.5 Å². The maximum absolute atomic E-state index is 13.6. The normalized spacial score (nSPS) is 19.6. The average Bonchev–Trinajstić information content (AvgIpc) is 3.08. The third-order valence-electron chi connectivity index (χ3n) is 6.81. The van der Waals surface area contributed by atoms with Crippen LogP contribution in [0.15, 0.2) is 53.7 Å². The molecule has 2 aliphatic heterocycles. The van der Waals surface area contributed by atoms with E-state index in [1.165, 1.54) is 5.01 Å². The van der Waals surface area contributed by atoms with Crippen LogP contribution in [0.1, 0.15) is 48.0 Å². The van der Waals surface area contributed by atoms with Crippen molar-refractivity contribution >= 4 is 59.0 Å². The molecule has 0 saturated carbocycles. The predicted octanol–water partition coefficient (Wildman–Crippen LogP) is 2.78. The van der Waals surface area contributed by atoms with Crippen LogP contribution in [0, 0.1) is 0 Å². The number of benzene rings is 2. The summed E-state index contributed by atoms with van der Waals surface area (Å²) in [6.45, 7) is 0.132. The van der Waals surface area contributed by atoms with E-state index in [-0.39, 0.29) is 38.3 Å². The quantitative estimate of drug-likeness (QED) is 0.273. The second-order valence-electron chi connectivity index (χ2n) is 9.73. The number of oxime groups is 1. The zero-order valence-electron chi connectivity index (χ0n) is 22.4. The fourth-order valence-electron chi connectivity index (χ4n) is 4.73. The van der Waals surface area contributed by atoms with Gasteiger partial charge in [-0.2, -0.15) is 0 Å². The van der Waals surface area contributed by atoms with Gasteiger partial charge in [0.1, 0.15) is 18.7 Å². The molecule has 4 rings (SSSR count). The second-order valence-corrected chi connectivity index (χ2v) is 10.5. The van der Waals surface area contributed by atoms with E-state index >= 15 is 0 Å². The summed E-state index contributed by atoms with van der Waals surface area (Å²) in [7, 11) is 0. The van der Waals surface area contributed by atoms with Crippen LogP contribution in [0.5, 0.6) is 0 Å². The van der Waals surface area contributed by atoms with Crippen LogP contribution in [-0.2, 0) is 30.6 Å². The van der Waals surface area contributed by atoms with E-state index in [0.717, 1.165) is 11.2 Å². The van der Waals surface area contributed by atoms with Crippen molar-refractivity contribution < 1.29 is 33.9 Å². The first-order valence-corrected chi connectivity index (χ1v) is 14.0. The summed E-state index contributed by atoms with van der Waals surface area (Å²) >= 11 is 12.2. The number of aliphatic carboxylic acids is 1. The van der Waals surface area contributed by atoms with Gasteiger partial charge >= 0.3 is 5.97 Å². The van der Waals surface area contributed by atoms with Crippen molar-refractivity contribution in [2.24, 2.45) is 5.16 Å². The van der Waals surface area contributed by atoms with Crippen molar-refractivity contribution in [2.45, 2.75) is 56.8 Å². The number of rotatable bonds is 10. The summed E-state index contributed by atoms with van der Waals surface area (Å²) in [5.74, 6) is -3.33. The molecule has 222 valence electrons. The molecule has 0 aromatic heterocycles. The number of hydrogen-bond acceptors (Lipinski definition) is 7. The molecule has 2 aromatic carbocycles. The lowest BCUT2D eigenvalue weighted by Crippen LogP contribution is -2.64. The maximum Gasteiger partial charge on any atom is 0.305 e. The number of hydrazine groups is 1. The number of hydrogen-bond donors (Lipinski definition) is 3. The first kappa shape index (κ1) is 30.8. The summed E-state index contributed by atoms with van der Waals surface area (Å²) in [6, 6.07) is 10.0. The lowest BCUT2D eigenvalue weighted by molar-refractivity contribution is -0.176. The van der Waals surface area contributed by atoms with Gasteiger partial charge in [-0.1, -0.05) is 52.6 Å². The van der Waals surface area contributed by atoms with E-state index in [4.69, 9.17) is 28.0 Å². The number of carboxylic acid groups (broad SMARTS) is 1. The van der Waals surface area contributed by atoms with Crippen molar-refractivity contribution in [1.29, 1.82) is 0 Å². The minimum absolute atomic E-state index is 0.00258. The Bertz CT molecular complexity index is 1350. The molecule has 42 heavy (non-hydrogen) atoms. The van der Waals surface area contributed by atoms with E-state index in [2.05, 4.69) is 15.8 Å². The Labute approximate surface area is 251 Å². The molecule has 0 bridgehead atoms. The molecule has 2 aromatic rings. The molecule has 12 nitrogen and oxygen atoms in total. The lowest BCUT2D eigenvalue weighted by Gasteiger charge is -2.43. The van der Waals surface area contributed by atoms with Gasteiger partial charge in [-0.25, -0.2) is 5.01 Å². The third-order valence-corrected chi connectivity index (χ3v) is 7.52. The number of carboxylic acids is 1. The number of carbonyl (C=O) groups excluding carboxylic acids is 4. The van der Waals surface area contributed by atoms with Crippen LogP contribution in [-0.4, -0.2) is 75.6 Å². The van der Waals surface area contributed by atoms with E-state index in [9.17, 15) is 29.1 Å². The number of halogens is 2. The summed E-state index contributed by atoms with van der Waals surface area (Å²) in [6.07, 6.45) is 1.32. The molecule has 0 spiro atoms. The van der Waals surface area contributed by atoms with Crippen LogP contribution >= 0.6 is 23.2 Å². The highest BCUT2D eigenvalue weighted by molar-refractivity contribution is 6.35. The molecule has 3 N–H and O–H groups in total. The van der Waals surface area contributed by atoms with Gasteiger partial charge in [0.15, 0.2) is 0 Å². The van der Waals surface area contributed by atoms with Gasteiger partial charge in [-0.15, -0.1) is 0 Å². The van der Waals surface area contributed by atoms with Crippen LogP contribution in [0.25, 0.3) is 0 Å². The molecular weight excluding hydrogens is 589 g/mol. The van der Waals surface area contributed by atoms with E-state index in [1.807, 2.05) is 0 Å². The van der Waals surface area contributed by atoms with Crippen LogP contribution in [0.3, 0.4) is 0 Å². The molecule has 3 atom stereocenters. The fourth-order valence-corrected chi connectivity index (χ4v) is 5.24. The predicted molar refractivity (Wildman–Crippen MR) is 152 cm³/mol. The monoisotopic (exact) mass is 617 g/mol. The largest absolute Gasteiger partial charge is 0.481 e. The Balaban J connectivity index is 1.47. The highest BCUT2D eigenvalue weighted by atomic mass is 35.5.